The zero-order valence-electron chi connectivity index (χ0n) is 14.8. The Morgan fingerprint density at radius 3 is 2.75 bits per heavy atom. The van der Waals surface area contributed by atoms with Gasteiger partial charge in [-0.15, -0.1) is 0 Å². The summed E-state index contributed by atoms with van der Waals surface area (Å²) in [5.41, 5.74) is 0.800. The van der Waals surface area contributed by atoms with E-state index in [9.17, 15) is 9.59 Å². The summed E-state index contributed by atoms with van der Waals surface area (Å²) in [6.07, 6.45) is 4.46. The van der Waals surface area contributed by atoms with Crippen LogP contribution in [0.1, 0.15) is 44.0 Å². The second-order valence-electron chi connectivity index (χ2n) is 6.95. The largest absolute Gasteiger partial charge is 0.444 e. The molecule has 2 heterocycles. The Morgan fingerprint density at radius 1 is 1.33 bits per heavy atom. The van der Waals surface area contributed by atoms with Crippen molar-refractivity contribution in [3.8, 4) is 0 Å². The van der Waals surface area contributed by atoms with Gasteiger partial charge in [-0.2, -0.15) is 0 Å². The maximum atomic E-state index is 12.6. The zero-order chi connectivity index (χ0) is 17.7. The lowest BCUT2D eigenvalue weighted by Gasteiger charge is -2.33. The molecular weight excluding hydrogens is 308 g/mol. The molecule has 1 saturated heterocycles. The number of nitrogens with zero attached hydrogens (tertiary/aromatic N) is 2. The second-order valence-corrected chi connectivity index (χ2v) is 6.95. The fourth-order valence-corrected chi connectivity index (χ4v) is 2.63. The van der Waals surface area contributed by atoms with Crippen LogP contribution in [0.25, 0.3) is 0 Å². The fourth-order valence-electron chi connectivity index (χ4n) is 2.63. The molecule has 1 fully saturated rings. The standard InChI is InChI=1S/C17H26N4O3/c1-17(2,3)24-16(23)20-13-6-5-7-21(11-13)15(22)12-8-14(18-4)10-19-9-12/h8-10,13,18H,5-7,11H2,1-4H3,(H,20,23)/t13-/m1/s1. The quantitative estimate of drug-likeness (QED) is 0.886. The van der Waals surface area contributed by atoms with Crippen molar-refractivity contribution in [1.29, 1.82) is 0 Å². The predicted octanol–water partition coefficient (Wildman–Crippen LogP) is 2.25. The first-order chi connectivity index (χ1) is 11.3. The van der Waals surface area contributed by atoms with Gasteiger partial charge in [0.05, 0.1) is 11.3 Å². The average Bonchev–Trinajstić information content (AvgIpc) is 2.52. The molecule has 1 aromatic heterocycles. The molecule has 7 heteroatoms. The summed E-state index contributed by atoms with van der Waals surface area (Å²) >= 11 is 0. The van der Waals surface area contributed by atoms with Gasteiger partial charge in [0, 0.05) is 38.6 Å². The van der Waals surface area contributed by atoms with Crippen molar-refractivity contribution in [2.75, 3.05) is 25.5 Å². The van der Waals surface area contributed by atoms with Crippen molar-refractivity contribution in [3.63, 3.8) is 0 Å². The lowest BCUT2D eigenvalue weighted by molar-refractivity contribution is 0.0452. The molecular formula is C17H26N4O3. The minimum Gasteiger partial charge on any atom is -0.444 e. The molecule has 0 aromatic carbocycles. The molecule has 0 radical (unpaired) electrons. The molecule has 1 aliphatic heterocycles. The minimum absolute atomic E-state index is 0.0738. The van der Waals surface area contributed by atoms with Crippen molar-refractivity contribution in [2.45, 2.75) is 45.3 Å². The van der Waals surface area contributed by atoms with Gasteiger partial charge < -0.3 is 20.3 Å². The smallest absolute Gasteiger partial charge is 0.407 e. The summed E-state index contributed by atoms with van der Waals surface area (Å²) in [4.78, 5) is 30.4. The molecule has 1 atom stereocenters. The molecule has 1 aromatic rings. The van der Waals surface area contributed by atoms with Crippen LogP contribution in [-0.2, 0) is 4.74 Å². The summed E-state index contributed by atoms with van der Waals surface area (Å²) in [5.74, 6) is -0.0738. The third-order valence-electron chi connectivity index (χ3n) is 3.70. The highest BCUT2D eigenvalue weighted by Gasteiger charge is 2.27. The van der Waals surface area contributed by atoms with E-state index >= 15 is 0 Å². The number of hydrogen-bond acceptors (Lipinski definition) is 5. The highest BCUT2D eigenvalue weighted by molar-refractivity contribution is 5.94. The van der Waals surface area contributed by atoms with Gasteiger partial charge >= 0.3 is 6.09 Å². The van der Waals surface area contributed by atoms with E-state index in [2.05, 4.69) is 15.6 Å². The number of anilines is 1. The van der Waals surface area contributed by atoms with Crippen LogP contribution in [0.4, 0.5) is 10.5 Å². The summed E-state index contributed by atoms with van der Waals surface area (Å²) in [6.45, 7) is 6.62. The first kappa shape index (κ1) is 18.0. The highest BCUT2D eigenvalue weighted by atomic mass is 16.6. The van der Waals surface area contributed by atoms with E-state index in [0.717, 1.165) is 18.5 Å². The van der Waals surface area contributed by atoms with E-state index < -0.39 is 11.7 Å². The summed E-state index contributed by atoms with van der Waals surface area (Å²) in [7, 11) is 1.78. The Bertz CT molecular complexity index is 598. The van der Waals surface area contributed by atoms with Gasteiger partial charge in [-0.1, -0.05) is 0 Å². The number of alkyl carbamates (subject to hydrolysis) is 1. The Balaban J connectivity index is 1.97. The Labute approximate surface area is 142 Å². The zero-order valence-corrected chi connectivity index (χ0v) is 14.8. The predicted molar refractivity (Wildman–Crippen MR) is 92.1 cm³/mol. The average molecular weight is 334 g/mol. The molecule has 2 N–H and O–H groups in total. The van der Waals surface area contributed by atoms with E-state index in [4.69, 9.17) is 4.74 Å². The number of piperidine rings is 1. The summed E-state index contributed by atoms with van der Waals surface area (Å²) in [5, 5.41) is 5.83. The molecule has 0 spiro atoms. The lowest BCUT2D eigenvalue weighted by atomic mass is 10.0. The third kappa shape index (κ3) is 5.11. The number of hydrogen-bond donors (Lipinski definition) is 2. The van der Waals surface area contributed by atoms with Crippen LogP contribution in [0, 0.1) is 0 Å². The van der Waals surface area contributed by atoms with Crippen LogP contribution in [0.3, 0.4) is 0 Å². The molecule has 132 valence electrons. The molecule has 0 saturated carbocycles. The fraction of sp³-hybridized carbons (Fsp3) is 0.588. The molecule has 0 aliphatic carbocycles. The number of likely N-dealkylation sites (tertiary alicyclic amines) is 1. The van der Waals surface area contributed by atoms with Gasteiger partial charge in [0.2, 0.25) is 0 Å². The van der Waals surface area contributed by atoms with Crippen molar-refractivity contribution in [3.05, 3.63) is 24.0 Å². The SMILES string of the molecule is CNc1cncc(C(=O)N2CCC[C@@H](NC(=O)OC(C)(C)C)C2)c1. The first-order valence-electron chi connectivity index (χ1n) is 8.20. The van der Waals surface area contributed by atoms with Crippen molar-refractivity contribution >= 4 is 17.7 Å². The maximum absolute atomic E-state index is 12.6. The number of pyridine rings is 1. The van der Waals surface area contributed by atoms with Gasteiger partial charge in [-0.05, 0) is 39.7 Å². The number of nitrogens with one attached hydrogen (secondary N) is 2. The Morgan fingerprint density at radius 2 is 2.08 bits per heavy atom. The molecule has 0 bridgehead atoms. The van der Waals surface area contributed by atoms with E-state index in [-0.39, 0.29) is 11.9 Å². The molecule has 1 aliphatic rings. The van der Waals surface area contributed by atoms with Crippen LogP contribution in [0.15, 0.2) is 18.5 Å². The van der Waals surface area contributed by atoms with E-state index in [0.29, 0.717) is 18.7 Å². The number of aromatic nitrogens is 1. The second kappa shape index (κ2) is 7.51. The monoisotopic (exact) mass is 334 g/mol. The van der Waals surface area contributed by atoms with Crippen LogP contribution < -0.4 is 10.6 Å². The number of carbonyl (C=O) groups is 2. The molecule has 2 rings (SSSR count). The number of carbonyl (C=O) groups excluding carboxylic acids is 2. The number of rotatable bonds is 3. The number of amides is 2. The van der Waals surface area contributed by atoms with E-state index in [1.807, 2.05) is 20.8 Å². The van der Waals surface area contributed by atoms with Crippen LogP contribution in [0.5, 0.6) is 0 Å². The summed E-state index contributed by atoms with van der Waals surface area (Å²) in [6, 6.07) is 1.68. The topological polar surface area (TPSA) is 83.6 Å². The van der Waals surface area contributed by atoms with Crippen LogP contribution in [-0.4, -0.2) is 53.7 Å². The van der Waals surface area contributed by atoms with E-state index in [1.165, 1.54) is 0 Å². The lowest BCUT2D eigenvalue weighted by Crippen LogP contribution is -2.50. The van der Waals surface area contributed by atoms with Crippen molar-refractivity contribution in [2.24, 2.45) is 0 Å². The van der Waals surface area contributed by atoms with Gasteiger partial charge in [0.1, 0.15) is 5.60 Å². The van der Waals surface area contributed by atoms with Gasteiger partial charge in [0.15, 0.2) is 0 Å². The van der Waals surface area contributed by atoms with Crippen molar-refractivity contribution < 1.29 is 14.3 Å². The van der Waals surface area contributed by atoms with Crippen LogP contribution in [0.2, 0.25) is 0 Å². The molecule has 7 nitrogen and oxygen atoms in total. The maximum Gasteiger partial charge on any atom is 0.407 e. The number of ether oxygens (including phenoxy) is 1. The van der Waals surface area contributed by atoms with E-state index in [1.54, 1.807) is 30.4 Å². The summed E-state index contributed by atoms with van der Waals surface area (Å²) < 4.78 is 5.28. The minimum atomic E-state index is -0.534. The van der Waals surface area contributed by atoms with Crippen LogP contribution >= 0.6 is 0 Å². The Kier molecular flexibility index (Phi) is 5.64. The van der Waals surface area contributed by atoms with Crippen molar-refractivity contribution in [1.82, 2.24) is 15.2 Å². The highest BCUT2D eigenvalue weighted by Crippen LogP contribution is 2.16. The third-order valence-corrected chi connectivity index (χ3v) is 3.70. The normalized spacial score (nSPS) is 18.0. The molecule has 2 amide bonds. The Hall–Kier alpha value is -2.31. The van der Waals surface area contributed by atoms with Gasteiger partial charge in [0.25, 0.3) is 5.91 Å². The molecule has 24 heavy (non-hydrogen) atoms. The first-order valence-corrected chi connectivity index (χ1v) is 8.20. The molecule has 0 unspecified atom stereocenters. The van der Waals surface area contributed by atoms with Gasteiger partial charge in [-0.3, -0.25) is 9.78 Å². The van der Waals surface area contributed by atoms with Gasteiger partial charge in [-0.25, -0.2) is 4.79 Å².